The van der Waals surface area contributed by atoms with Crippen LogP contribution in [0.25, 0.3) is 0 Å². The number of carboxylic acids is 1. The number of hydrogen-bond donors (Lipinski definition) is 1. The number of nitrogens with zero attached hydrogens (tertiary/aromatic N) is 2. The predicted octanol–water partition coefficient (Wildman–Crippen LogP) is 1.48. The fraction of sp³-hybridized carbons (Fsp3) is 0.833. The van der Waals surface area contributed by atoms with Crippen molar-refractivity contribution in [3.05, 3.63) is 0 Å². The molecule has 2 amide bonds. The minimum atomic E-state index is -0.881. The molecule has 6 heteroatoms. The number of amides is 2. The van der Waals surface area contributed by atoms with Crippen LogP contribution in [0.2, 0.25) is 0 Å². The van der Waals surface area contributed by atoms with Crippen LogP contribution in [0.15, 0.2) is 0 Å². The molecule has 18 heavy (non-hydrogen) atoms. The van der Waals surface area contributed by atoms with E-state index in [1.165, 1.54) is 4.90 Å². The van der Waals surface area contributed by atoms with Gasteiger partial charge in [0.25, 0.3) is 0 Å². The van der Waals surface area contributed by atoms with Gasteiger partial charge in [-0.15, -0.1) is 0 Å². The first kappa shape index (κ1) is 13.5. The fourth-order valence-corrected chi connectivity index (χ4v) is 4.09. The van der Waals surface area contributed by atoms with Gasteiger partial charge in [-0.3, -0.25) is 0 Å². The van der Waals surface area contributed by atoms with Crippen LogP contribution in [0.3, 0.4) is 0 Å². The maximum atomic E-state index is 12.4. The van der Waals surface area contributed by atoms with Crippen LogP contribution in [-0.4, -0.2) is 63.1 Å². The average molecular weight is 272 g/mol. The lowest BCUT2D eigenvalue weighted by Gasteiger charge is -2.37. The lowest BCUT2D eigenvalue weighted by atomic mass is 10.2. The third-order valence-electron chi connectivity index (χ3n) is 3.47. The van der Waals surface area contributed by atoms with Gasteiger partial charge >= 0.3 is 12.0 Å². The van der Waals surface area contributed by atoms with E-state index in [2.05, 4.69) is 13.8 Å². The van der Waals surface area contributed by atoms with Crippen LogP contribution < -0.4 is 0 Å². The highest BCUT2D eigenvalue weighted by Crippen LogP contribution is 2.27. The highest BCUT2D eigenvalue weighted by Gasteiger charge is 2.37. The molecular formula is C12H20N2O3S. The Morgan fingerprint density at radius 3 is 2.39 bits per heavy atom. The molecule has 1 N–H and O–H groups in total. The van der Waals surface area contributed by atoms with Gasteiger partial charge in [0.05, 0.1) is 0 Å². The number of aliphatic carboxylic acids is 1. The second-order valence-corrected chi connectivity index (χ2v) is 7.02. The van der Waals surface area contributed by atoms with Crippen molar-refractivity contribution in [1.82, 2.24) is 9.80 Å². The molecule has 0 aromatic rings. The molecule has 2 aliphatic rings. The summed E-state index contributed by atoms with van der Waals surface area (Å²) in [4.78, 5) is 26.8. The summed E-state index contributed by atoms with van der Waals surface area (Å²) in [6, 6.07) is -0.725. The summed E-state index contributed by atoms with van der Waals surface area (Å²) in [5.74, 6) is -0.881. The van der Waals surface area contributed by atoms with E-state index in [0.29, 0.717) is 23.5 Å². The van der Waals surface area contributed by atoms with Crippen molar-refractivity contribution in [2.45, 2.75) is 43.2 Å². The molecule has 2 saturated heterocycles. The second kappa shape index (κ2) is 5.38. The van der Waals surface area contributed by atoms with Crippen molar-refractivity contribution in [1.29, 1.82) is 0 Å². The maximum Gasteiger partial charge on any atom is 0.326 e. The summed E-state index contributed by atoms with van der Waals surface area (Å²) in [5.41, 5.74) is 0. The molecule has 2 heterocycles. The van der Waals surface area contributed by atoms with E-state index in [-0.39, 0.29) is 6.03 Å². The van der Waals surface area contributed by atoms with E-state index in [4.69, 9.17) is 5.11 Å². The van der Waals surface area contributed by atoms with E-state index in [0.717, 1.165) is 19.5 Å². The van der Waals surface area contributed by atoms with Gasteiger partial charge in [-0.2, -0.15) is 11.8 Å². The summed E-state index contributed by atoms with van der Waals surface area (Å²) < 4.78 is 0. The van der Waals surface area contributed by atoms with Gasteiger partial charge in [-0.1, -0.05) is 13.8 Å². The predicted molar refractivity (Wildman–Crippen MR) is 70.8 cm³/mol. The zero-order valence-electron chi connectivity index (χ0n) is 10.8. The van der Waals surface area contributed by atoms with Gasteiger partial charge < -0.3 is 14.9 Å². The molecule has 3 atom stereocenters. The van der Waals surface area contributed by atoms with Crippen LogP contribution >= 0.6 is 11.8 Å². The smallest absolute Gasteiger partial charge is 0.326 e. The minimum Gasteiger partial charge on any atom is -0.480 e. The van der Waals surface area contributed by atoms with Crippen LogP contribution in [0.4, 0.5) is 4.79 Å². The second-order valence-electron chi connectivity index (χ2n) is 5.13. The summed E-state index contributed by atoms with van der Waals surface area (Å²) >= 11 is 1.88. The van der Waals surface area contributed by atoms with Crippen LogP contribution in [0.1, 0.15) is 26.7 Å². The molecule has 2 rings (SSSR count). The molecule has 0 aromatic heterocycles. The Morgan fingerprint density at radius 1 is 1.22 bits per heavy atom. The molecule has 0 spiro atoms. The highest BCUT2D eigenvalue weighted by molar-refractivity contribution is 8.00. The van der Waals surface area contributed by atoms with Crippen molar-refractivity contribution in [3.8, 4) is 0 Å². The van der Waals surface area contributed by atoms with Gasteiger partial charge in [-0.25, -0.2) is 9.59 Å². The van der Waals surface area contributed by atoms with Crippen LogP contribution in [0.5, 0.6) is 0 Å². The Balaban J connectivity index is 2.04. The topological polar surface area (TPSA) is 60.9 Å². The SMILES string of the molecule is CC1CN(C(=O)N2CCC[C@@H]2C(=O)O)CC(C)S1. The quantitative estimate of drug-likeness (QED) is 0.785. The molecule has 2 aliphatic heterocycles. The van der Waals surface area contributed by atoms with Crippen molar-refractivity contribution < 1.29 is 14.7 Å². The lowest BCUT2D eigenvalue weighted by molar-refractivity contribution is -0.141. The molecular weight excluding hydrogens is 252 g/mol. The first-order chi connectivity index (χ1) is 8.49. The summed E-state index contributed by atoms with van der Waals surface area (Å²) in [6.45, 7) is 6.23. The minimum absolute atomic E-state index is 0.0982. The molecule has 102 valence electrons. The Hall–Kier alpha value is -0.910. The van der Waals surface area contributed by atoms with Crippen molar-refractivity contribution in [3.63, 3.8) is 0 Å². The standard InChI is InChI=1S/C12H20N2O3S/c1-8-6-13(7-9(2)18-8)12(17)14-5-3-4-10(14)11(15)16/h8-10H,3-7H2,1-2H3,(H,15,16)/t8?,9?,10-/m1/s1. The monoisotopic (exact) mass is 272 g/mol. The Kier molecular flexibility index (Phi) is 4.04. The number of carbonyl (C=O) groups is 2. The zero-order valence-corrected chi connectivity index (χ0v) is 11.7. The highest BCUT2D eigenvalue weighted by atomic mass is 32.2. The molecule has 0 radical (unpaired) electrons. The fourth-order valence-electron chi connectivity index (χ4n) is 2.77. The number of rotatable bonds is 1. The van der Waals surface area contributed by atoms with E-state index < -0.39 is 12.0 Å². The number of carbonyl (C=O) groups excluding carboxylic acids is 1. The zero-order chi connectivity index (χ0) is 13.3. The van der Waals surface area contributed by atoms with Gasteiger partial charge in [0.2, 0.25) is 0 Å². The average Bonchev–Trinajstić information content (AvgIpc) is 2.75. The first-order valence-corrected chi connectivity index (χ1v) is 7.37. The van der Waals surface area contributed by atoms with E-state index in [9.17, 15) is 9.59 Å². The summed E-state index contributed by atoms with van der Waals surface area (Å²) in [6.07, 6.45) is 1.37. The third-order valence-corrected chi connectivity index (χ3v) is 4.70. The van der Waals surface area contributed by atoms with Crippen molar-refractivity contribution in [2.75, 3.05) is 19.6 Å². The third kappa shape index (κ3) is 2.74. The maximum absolute atomic E-state index is 12.4. The van der Waals surface area contributed by atoms with Crippen molar-refractivity contribution >= 4 is 23.8 Å². The molecule has 0 saturated carbocycles. The van der Waals surface area contributed by atoms with E-state index >= 15 is 0 Å². The number of thioether (sulfide) groups is 1. The summed E-state index contributed by atoms with van der Waals surface area (Å²) in [5, 5.41) is 9.96. The van der Waals surface area contributed by atoms with Crippen LogP contribution in [0, 0.1) is 0 Å². The summed E-state index contributed by atoms with van der Waals surface area (Å²) in [7, 11) is 0. The molecule has 2 unspecified atom stereocenters. The van der Waals surface area contributed by atoms with E-state index in [1.807, 2.05) is 16.7 Å². The van der Waals surface area contributed by atoms with Crippen molar-refractivity contribution in [2.24, 2.45) is 0 Å². The number of carboxylic acid groups (broad SMARTS) is 1. The van der Waals surface area contributed by atoms with Gasteiger partial charge in [0, 0.05) is 30.1 Å². The van der Waals surface area contributed by atoms with Crippen LogP contribution in [-0.2, 0) is 4.79 Å². The number of hydrogen-bond acceptors (Lipinski definition) is 3. The lowest BCUT2D eigenvalue weighted by Crippen LogP contribution is -2.52. The van der Waals surface area contributed by atoms with Gasteiger partial charge in [-0.05, 0) is 12.8 Å². The Morgan fingerprint density at radius 2 is 1.83 bits per heavy atom. The molecule has 5 nitrogen and oxygen atoms in total. The van der Waals surface area contributed by atoms with Gasteiger partial charge in [0.15, 0.2) is 0 Å². The van der Waals surface area contributed by atoms with Gasteiger partial charge in [0.1, 0.15) is 6.04 Å². The Bertz CT molecular complexity index is 340. The molecule has 2 fully saturated rings. The number of urea groups is 1. The van der Waals surface area contributed by atoms with E-state index in [1.54, 1.807) is 0 Å². The first-order valence-electron chi connectivity index (χ1n) is 6.43. The normalized spacial score (nSPS) is 32.7. The molecule has 0 bridgehead atoms. The Labute approximate surface area is 112 Å². The molecule has 0 aromatic carbocycles. The number of likely N-dealkylation sites (tertiary alicyclic amines) is 1. The largest absolute Gasteiger partial charge is 0.480 e. The molecule has 0 aliphatic carbocycles.